The molecule has 1 N–H and O–H groups in total. The van der Waals surface area contributed by atoms with Gasteiger partial charge in [-0.15, -0.1) is 0 Å². The van der Waals surface area contributed by atoms with Crippen LogP contribution in [0.3, 0.4) is 0 Å². The van der Waals surface area contributed by atoms with Crippen molar-refractivity contribution in [2.24, 2.45) is 0 Å². The van der Waals surface area contributed by atoms with Crippen molar-refractivity contribution in [3.63, 3.8) is 0 Å². The SMILES string of the molecule is CCn1nc(C)cc1CC(NC)c1ccccc1I. The molecule has 1 atom stereocenters. The lowest BCUT2D eigenvalue weighted by atomic mass is 10.0. The molecular weight excluding hydrogens is 349 g/mol. The maximum Gasteiger partial charge on any atom is 0.0596 e. The maximum atomic E-state index is 4.52. The molecule has 0 amide bonds. The quantitative estimate of drug-likeness (QED) is 0.820. The Hall–Kier alpha value is -0.880. The lowest BCUT2D eigenvalue weighted by Crippen LogP contribution is -2.21. The van der Waals surface area contributed by atoms with Gasteiger partial charge < -0.3 is 5.32 Å². The van der Waals surface area contributed by atoms with Crippen LogP contribution in [-0.2, 0) is 13.0 Å². The van der Waals surface area contributed by atoms with Crippen molar-refractivity contribution >= 4 is 22.6 Å². The molecule has 3 nitrogen and oxygen atoms in total. The van der Waals surface area contributed by atoms with E-state index >= 15 is 0 Å². The average molecular weight is 369 g/mol. The van der Waals surface area contributed by atoms with Crippen LogP contribution in [0.5, 0.6) is 0 Å². The van der Waals surface area contributed by atoms with Crippen LogP contribution >= 0.6 is 22.6 Å². The summed E-state index contributed by atoms with van der Waals surface area (Å²) in [5.41, 5.74) is 3.74. The summed E-state index contributed by atoms with van der Waals surface area (Å²) >= 11 is 2.40. The highest BCUT2D eigenvalue weighted by atomic mass is 127. The topological polar surface area (TPSA) is 29.9 Å². The summed E-state index contributed by atoms with van der Waals surface area (Å²) in [5, 5.41) is 7.94. The fraction of sp³-hybridized carbons (Fsp3) is 0.400. The van der Waals surface area contributed by atoms with Crippen molar-refractivity contribution in [1.82, 2.24) is 15.1 Å². The lowest BCUT2D eigenvalue weighted by molar-refractivity contribution is 0.539. The third kappa shape index (κ3) is 3.36. The first-order chi connectivity index (χ1) is 9.15. The molecular formula is C15H20IN3. The van der Waals surface area contributed by atoms with Gasteiger partial charge in [0.1, 0.15) is 0 Å². The van der Waals surface area contributed by atoms with Crippen molar-refractivity contribution in [3.8, 4) is 0 Å². The first-order valence-electron chi connectivity index (χ1n) is 6.60. The highest BCUT2D eigenvalue weighted by Gasteiger charge is 2.15. The molecule has 0 aliphatic heterocycles. The molecule has 1 aromatic carbocycles. The van der Waals surface area contributed by atoms with Gasteiger partial charge in [-0.05, 0) is 61.2 Å². The molecule has 1 aromatic heterocycles. The number of aryl methyl sites for hydroxylation is 2. The van der Waals surface area contributed by atoms with Gasteiger partial charge in [-0.3, -0.25) is 4.68 Å². The largest absolute Gasteiger partial charge is 0.313 e. The number of hydrogen-bond donors (Lipinski definition) is 1. The highest BCUT2D eigenvalue weighted by Crippen LogP contribution is 2.23. The fourth-order valence-electron chi connectivity index (χ4n) is 2.37. The number of benzene rings is 1. The van der Waals surface area contributed by atoms with E-state index in [-0.39, 0.29) is 0 Å². The monoisotopic (exact) mass is 369 g/mol. The van der Waals surface area contributed by atoms with Gasteiger partial charge in [0.2, 0.25) is 0 Å². The zero-order valence-electron chi connectivity index (χ0n) is 11.7. The first-order valence-corrected chi connectivity index (χ1v) is 7.68. The highest BCUT2D eigenvalue weighted by molar-refractivity contribution is 14.1. The van der Waals surface area contributed by atoms with E-state index in [1.165, 1.54) is 14.8 Å². The van der Waals surface area contributed by atoms with Crippen LogP contribution in [0.4, 0.5) is 0 Å². The molecule has 2 rings (SSSR count). The van der Waals surface area contributed by atoms with E-state index in [0.717, 1.165) is 18.7 Å². The van der Waals surface area contributed by atoms with Crippen molar-refractivity contribution in [3.05, 3.63) is 50.9 Å². The second kappa shape index (κ2) is 6.52. The van der Waals surface area contributed by atoms with Crippen LogP contribution in [0.15, 0.2) is 30.3 Å². The van der Waals surface area contributed by atoms with Crippen molar-refractivity contribution in [2.75, 3.05) is 7.05 Å². The molecule has 0 aliphatic rings. The zero-order valence-corrected chi connectivity index (χ0v) is 13.8. The minimum atomic E-state index is 0.328. The Bertz CT molecular complexity index is 548. The van der Waals surface area contributed by atoms with Gasteiger partial charge in [-0.2, -0.15) is 5.10 Å². The van der Waals surface area contributed by atoms with Crippen molar-refractivity contribution in [1.29, 1.82) is 0 Å². The zero-order chi connectivity index (χ0) is 13.8. The summed E-state index contributed by atoms with van der Waals surface area (Å²) in [6.07, 6.45) is 0.963. The van der Waals surface area contributed by atoms with E-state index in [1.54, 1.807) is 0 Å². The van der Waals surface area contributed by atoms with Crippen LogP contribution in [0.25, 0.3) is 0 Å². The second-order valence-corrected chi connectivity index (χ2v) is 5.82. The third-order valence-corrected chi connectivity index (χ3v) is 4.31. The number of aromatic nitrogens is 2. The third-order valence-electron chi connectivity index (χ3n) is 3.33. The van der Waals surface area contributed by atoms with Crippen LogP contribution in [0.1, 0.15) is 29.9 Å². The Balaban J connectivity index is 2.26. The number of likely N-dealkylation sites (N-methyl/N-ethyl adjacent to an activating group) is 1. The van der Waals surface area contributed by atoms with Crippen molar-refractivity contribution < 1.29 is 0 Å². The standard InChI is InChI=1S/C15H20IN3/c1-4-19-12(9-11(2)18-19)10-15(17-3)13-7-5-6-8-14(13)16/h5-9,15,17H,4,10H2,1-3H3. The minimum Gasteiger partial charge on any atom is -0.313 e. The van der Waals surface area contributed by atoms with E-state index < -0.39 is 0 Å². The summed E-state index contributed by atoms with van der Waals surface area (Å²) in [7, 11) is 2.02. The summed E-state index contributed by atoms with van der Waals surface area (Å²) in [5.74, 6) is 0. The van der Waals surface area contributed by atoms with E-state index in [0.29, 0.717) is 6.04 Å². The summed E-state index contributed by atoms with van der Waals surface area (Å²) < 4.78 is 3.40. The van der Waals surface area contributed by atoms with Gasteiger partial charge >= 0.3 is 0 Å². The lowest BCUT2D eigenvalue weighted by Gasteiger charge is -2.18. The smallest absolute Gasteiger partial charge is 0.0596 e. The molecule has 1 heterocycles. The van der Waals surface area contributed by atoms with Gasteiger partial charge in [-0.25, -0.2) is 0 Å². The van der Waals surface area contributed by atoms with E-state index in [1.807, 2.05) is 7.05 Å². The predicted octanol–water partition coefficient (Wildman–Crippen LogP) is 3.32. The fourth-order valence-corrected chi connectivity index (χ4v) is 3.13. The number of nitrogens with zero attached hydrogens (tertiary/aromatic N) is 2. The average Bonchev–Trinajstić information content (AvgIpc) is 2.77. The molecule has 0 spiro atoms. The summed E-state index contributed by atoms with van der Waals surface area (Å²) in [6, 6.07) is 11.0. The molecule has 2 aromatic rings. The van der Waals surface area contributed by atoms with Gasteiger partial charge in [0.25, 0.3) is 0 Å². The molecule has 0 aliphatic carbocycles. The number of rotatable bonds is 5. The van der Waals surface area contributed by atoms with Gasteiger partial charge in [0.05, 0.1) is 5.69 Å². The number of hydrogen-bond acceptors (Lipinski definition) is 2. The first kappa shape index (κ1) is 14.5. The molecule has 19 heavy (non-hydrogen) atoms. The predicted molar refractivity (Wildman–Crippen MR) is 87.3 cm³/mol. The van der Waals surface area contributed by atoms with Gasteiger partial charge in [0, 0.05) is 28.3 Å². The van der Waals surface area contributed by atoms with Gasteiger partial charge in [-0.1, -0.05) is 18.2 Å². The molecule has 0 bridgehead atoms. The Labute approximate surface area is 128 Å². The molecule has 0 saturated heterocycles. The van der Waals surface area contributed by atoms with Crippen LogP contribution < -0.4 is 5.32 Å². The molecule has 1 unspecified atom stereocenters. The Morgan fingerprint density at radius 1 is 1.37 bits per heavy atom. The summed E-state index contributed by atoms with van der Waals surface area (Å²) in [4.78, 5) is 0. The molecule has 0 fully saturated rings. The molecule has 0 saturated carbocycles. The normalized spacial score (nSPS) is 12.6. The van der Waals surface area contributed by atoms with Crippen LogP contribution in [0.2, 0.25) is 0 Å². The second-order valence-electron chi connectivity index (χ2n) is 4.66. The minimum absolute atomic E-state index is 0.328. The summed E-state index contributed by atoms with van der Waals surface area (Å²) in [6.45, 7) is 5.11. The molecule has 0 radical (unpaired) electrons. The Morgan fingerprint density at radius 2 is 2.11 bits per heavy atom. The number of halogens is 1. The van der Waals surface area contributed by atoms with Crippen LogP contribution in [0, 0.1) is 10.5 Å². The van der Waals surface area contributed by atoms with Crippen molar-refractivity contribution in [2.45, 2.75) is 32.9 Å². The van der Waals surface area contributed by atoms with E-state index in [4.69, 9.17) is 0 Å². The van der Waals surface area contributed by atoms with E-state index in [2.05, 4.69) is 81.9 Å². The maximum absolute atomic E-state index is 4.52. The Morgan fingerprint density at radius 3 is 2.74 bits per heavy atom. The Kier molecular flexibility index (Phi) is 4.99. The molecule has 102 valence electrons. The number of nitrogens with one attached hydrogen (secondary N) is 1. The van der Waals surface area contributed by atoms with E-state index in [9.17, 15) is 0 Å². The van der Waals surface area contributed by atoms with Gasteiger partial charge in [0.15, 0.2) is 0 Å². The molecule has 4 heteroatoms. The van der Waals surface area contributed by atoms with Crippen LogP contribution in [-0.4, -0.2) is 16.8 Å².